The molecule has 0 saturated carbocycles. The van der Waals surface area contributed by atoms with Gasteiger partial charge in [0, 0.05) is 36.3 Å². The summed E-state index contributed by atoms with van der Waals surface area (Å²) in [6, 6.07) is 14.3. The number of ether oxygens (including phenoxy) is 2. The van der Waals surface area contributed by atoms with Gasteiger partial charge in [0.25, 0.3) is 15.9 Å². The molecule has 0 atom stereocenters. The number of anilines is 1. The molecule has 2 aromatic carbocycles. The van der Waals surface area contributed by atoms with E-state index in [9.17, 15) is 13.2 Å². The number of hydrogen-bond donors (Lipinski definition) is 2. The molecule has 1 aliphatic rings. The fraction of sp³-hybridized carbons (Fsp3) is 0.143. The van der Waals surface area contributed by atoms with Gasteiger partial charge in [0.1, 0.15) is 13.2 Å². The van der Waals surface area contributed by atoms with Gasteiger partial charge in [-0.15, -0.1) is 0 Å². The summed E-state index contributed by atoms with van der Waals surface area (Å²) in [7, 11) is -3.82. The molecule has 0 fully saturated rings. The van der Waals surface area contributed by atoms with Crippen LogP contribution in [0.4, 0.5) is 5.69 Å². The highest BCUT2D eigenvalue weighted by Gasteiger charge is 2.19. The van der Waals surface area contributed by atoms with E-state index < -0.39 is 10.0 Å². The number of nitrogens with one attached hydrogen (secondary N) is 2. The Morgan fingerprint density at radius 2 is 1.63 bits per heavy atom. The van der Waals surface area contributed by atoms with Crippen LogP contribution >= 0.6 is 0 Å². The van der Waals surface area contributed by atoms with Crippen molar-refractivity contribution in [1.82, 2.24) is 10.3 Å². The van der Waals surface area contributed by atoms with E-state index in [-0.39, 0.29) is 10.8 Å². The van der Waals surface area contributed by atoms with Gasteiger partial charge in [0.15, 0.2) is 11.5 Å². The normalized spacial score (nSPS) is 12.8. The van der Waals surface area contributed by atoms with Gasteiger partial charge in [0.2, 0.25) is 0 Å². The number of sulfonamides is 1. The molecule has 0 unspecified atom stereocenters. The third-order valence-corrected chi connectivity index (χ3v) is 5.80. The van der Waals surface area contributed by atoms with Crippen LogP contribution in [0, 0.1) is 0 Å². The van der Waals surface area contributed by atoms with E-state index in [4.69, 9.17) is 9.47 Å². The van der Waals surface area contributed by atoms with Gasteiger partial charge in [0.05, 0.1) is 4.90 Å². The van der Waals surface area contributed by atoms with Gasteiger partial charge in [-0.3, -0.25) is 14.5 Å². The van der Waals surface area contributed by atoms with E-state index in [1.165, 1.54) is 24.3 Å². The number of carbonyl (C=O) groups is 1. The van der Waals surface area contributed by atoms with Crippen molar-refractivity contribution in [2.24, 2.45) is 0 Å². The first-order valence-corrected chi connectivity index (χ1v) is 10.7. The molecule has 1 amide bonds. The number of pyridine rings is 1. The van der Waals surface area contributed by atoms with E-state index in [1.54, 1.807) is 30.6 Å². The number of hydrogen-bond acceptors (Lipinski definition) is 6. The SMILES string of the molecule is O=C(NCc1ccncc1)c1ccc(NS(=O)(=O)c2ccc3c(c2)OCCO3)cc1. The van der Waals surface area contributed by atoms with E-state index in [1.807, 2.05) is 12.1 Å². The van der Waals surface area contributed by atoms with E-state index in [0.717, 1.165) is 5.56 Å². The summed E-state index contributed by atoms with van der Waals surface area (Å²) in [6.45, 7) is 1.17. The molecule has 3 aromatic rings. The maximum Gasteiger partial charge on any atom is 0.262 e. The van der Waals surface area contributed by atoms with Gasteiger partial charge in [-0.25, -0.2) is 8.42 Å². The minimum atomic E-state index is -3.82. The molecule has 154 valence electrons. The second-order valence-corrected chi connectivity index (χ2v) is 8.21. The Morgan fingerprint density at radius 1 is 0.933 bits per heavy atom. The first kappa shape index (κ1) is 19.7. The van der Waals surface area contributed by atoms with Gasteiger partial charge in [-0.05, 0) is 54.1 Å². The van der Waals surface area contributed by atoms with Crippen LogP contribution in [0.1, 0.15) is 15.9 Å². The highest BCUT2D eigenvalue weighted by atomic mass is 32.2. The summed E-state index contributed by atoms with van der Waals surface area (Å²) in [4.78, 5) is 16.3. The number of fused-ring (bicyclic) bond motifs is 1. The van der Waals surface area contributed by atoms with Crippen LogP contribution in [-0.4, -0.2) is 32.5 Å². The van der Waals surface area contributed by atoms with Crippen LogP contribution in [0.25, 0.3) is 0 Å². The Labute approximate surface area is 173 Å². The third-order valence-electron chi connectivity index (χ3n) is 4.43. The second kappa shape index (κ2) is 8.42. The molecule has 0 saturated heterocycles. The molecule has 9 heteroatoms. The van der Waals surface area contributed by atoms with E-state index in [0.29, 0.717) is 42.5 Å². The van der Waals surface area contributed by atoms with E-state index in [2.05, 4.69) is 15.0 Å². The first-order valence-electron chi connectivity index (χ1n) is 9.21. The molecule has 2 N–H and O–H groups in total. The van der Waals surface area contributed by atoms with Crippen molar-refractivity contribution in [3.05, 3.63) is 78.1 Å². The smallest absolute Gasteiger partial charge is 0.262 e. The summed E-state index contributed by atoms with van der Waals surface area (Å²) in [5, 5.41) is 2.81. The van der Waals surface area contributed by atoms with E-state index >= 15 is 0 Å². The Balaban J connectivity index is 1.42. The van der Waals surface area contributed by atoms with Crippen molar-refractivity contribution < 1.29 is 22.7 Å². The lowest BCUT2D eigenvalue weighted by Gasteiger charge is -2.19. The van der Waals surface area contributed by atoms with Crippen molar-refractivity contribution >= 4 is 21.6 Å². The Morgan fingerprint density at radius 3 is 2.37 bits per heavy atom. The third kappa shape index (κ3) is 4.52. The Kier molecular flexibility index (Phi) is 5.53. The fourth-order valence-corrected chi connectivity index (χ4v) is 3.95. The lowest BCUT2D eigenvalue weighted by atomic mass is 10.2. The Bertz CT molecular complexity index is 1150. The lowest BCUT2D eigenvalue weighted by Crippen LogP contribution is -2.22. The van der Waals surface area contributed by atoms with Crippen molar-refractivity contribution in [3.63, 3.8) is 0 Å². The molecular weight excluding hydrogens is 406 g/mol. The van der Waals surface area contributed by atoms with Crippen LogP contribution in [0.5, 0.6) is 11.5 Å². The Hall–Kier alpha value is -3.59. The molecular formula is C21H19N3O5S. The average molecular weight is 425 g/mol. The summed E-state index contributed by atoms with van der Waals surface area (Å²) in [5.41, 5.74) is 1.70. The average Bonchev–Trinajstić information content (AvgIpc) is 2.78. The van der Waals surface area contributed by atoms with Crippen LogP contribution in [0.15, 0.2) is 71.9 Å². The summed E-state index contributed by atoms with van der Waals surface area (Å²) < 4.78 is 38.7. The van der Waals surface area contributed by atoms with Crippen molar-refractivity contribution in [3.8, 4) is 11.5 Å². The van der Waals surface area contributed by atoms with Crippen molar-refractivity contribution in [1.29, 1.82) is 0 Å². The number of carbonyl (C=O) groups excluding carboxylic acids is 1. The number of benzene rings is 2. The molecule has 0 spiro atoms. The van der Waals surface area contributed by atoms with Crippen molar-refractivity contribution in [2.45, 2.75) is 11.4 Å². The van der Waals surface area contributed by atoms with Gasteiger partial charge in [-0.1, -0.05) is 0 Å². The monoisotopic (exact) mass is 425 g/mol. The minimum Gasteiger partial charge on any atom is -0.486 e. The molecule has 30 heavy (non-hydrogen) atoms. The zero-order valence-corrected chi connectivity index (χ0v) is 16.7. The highest BCUT2D eigenvalue weighted by molar-refractivity contribution is 7.92. The van der Waals surface area contributed by atoms with Crippen LogP contribution in [-0.2, 0) is 16.6 Å². The number of amides is 1. The quantitative estimate of drug-likeness (QED) is 0.629. The molecule has 1 aromatic heterocycles. The molecule has 0 bridgehead atoms. The molecule has 4 rings (SSSR count). The number of aromatic nitrogens is 1. The predicted molar refractivity (Wildman–Crippen MR) is 110 cm³/mol. The van der Waals surface area contributed by atoms with Crippen LogP contribution < -0.4 is 19.5 Å². The first-order chi connectivity index (χ1) is 14.5. The molecule has 0 radical (unpaired) electrons. The molecule has 2 heterocycles. The maximum atomic E-state index is 12.7. The maximum absolute atomic E-state index is 12.7. The largest absolute Gasteiger partial charge is 0.486 e. The highest BCUT2D eigenvalue weighted by Crippen LogP contribution is 2.32. The van der Waals surface area contributed by atoms with Gasteiger partial charge < -0.3 is 14.8 Å². The molecule has 1 aliphatic heterocycles. The molecule has 8 nitrogen and oxygen atoms in total. The zero-order valence-electron chi connectivity index (χ0n) is 15.9. The molecule has 0 aliphatic carbocycles. The summed E-state index contributed by atoms with van der Waals surface area (Å²) in [5.74, 6) is 0.653. The van der Waals surface area contributed by atoms with Crippen LogP contribution in [0.2, 0.25) is 0 Å². The predicted octanol–water partition coefficient (Wildman–Crippen LogP) is 2.58. The fourth-order valence-electron chi connectivity index (χ4n) is 2.88. The number of nitrogens with zero attached hydrogens (tertiary/aromatic N) is 1. The standard InChI is InChI=1S/C21H19N3O5S/c25-21(23-14-15-7-9-22-10-8-15)16-1-3-17(4-2-16)24-30(26,27)18-5-6-19-20(13-18)29-12-11-28-19/h1-10,13,24H,11-12,14H2,(H,23,25). The van der Waals surface area contributed by atoms with Gasteiger partial charge >= 0.3 is 0 Å². The summed E-state index contributed by atoms with van der Waals surface area (Å²) in [6.07, 6.45) is 3.31. The van der Waals surface area contributed by atoms with Gasteiger partial charge in [-0.2, -0.15) is 0 Å². The van der Waals surface area contributed by atoms with Crippen molar-refractivity contribution in [2.75, 3.05) is 17.9 Å². The number of rotatable bonds is 6. The lowest BCUT2D eigenvalue weighted by molar-refractivity contribution is 0.0951. The topological polar surface area (TPSA) is 107 Å². The second-order valence-electron chi connectivity index (χ2n) is 6.53. The summed E-state index contributed by atoms with van der Waals surface area (Å²) >= 11 is 0. The zero-order chi connectivity index (χ0) is 21.0. The van der Waals surface area contributed by atoms with Crippen LogP contribution in [0.3, 0.4) is 0 Å². The minimum absolute atomic E-state index is 0.0610.